The Morgan fingerprint density at radius 2 is 1.49 bits per heavy atom. The van der Waals surface area contributed by atoms with Crippen molar-refractivity contribution in [1.82, 2.24) is 20.0 Å². The number of carbonyl (C=O) groups is 5. The number of carbonyl (C=O) groups excluding carboxylic acids is 5. The van der Waals surface area contributed by atoms with Crippen molar-refractivity contribution in [2.75, 3.05) is 31.1 Å². The molecule has 6 aliphatic rings. The molecule has 2 N–H and O–H groups in total. The summed E-state index contributed by atoms with van der Waals surface area (Å²) >= 11 is 0. The van der Waals surface area contributed by atoms with Crippen molar-refractivity contribution < 1.29 is 29.1 Å². The largest absolute Gasteiger partial charge is 0.508 e. The maximum Gasteiger partial charge on any atom is 0.262 e. The first-order valence-corrected chi connectivity index (χ1v) is 21.1. The van der Waals surface area contributed by atoms with Gasteiger partial charge in [0.25, 0.3) is 11.8 Å². The number of imide groups is 2. The Bertz CT molecular complexity index is 2340. The number of piperidine rings is 2. The average molecular weight is 792 g/mol. The van der Waals surface area contributed by atoms with Gasteiger partial charge in [-0.25, -0.2) is 0 Å². The lowest BCUT2D eigenvalue weighted by atomic mass is 9.69. The van der Waals surface area contributed by atoms with Crippen LogP contribution in [0, 0.1) is 5.41 Å². The molecule has 5 amide bonds. The highest BCUT2D eigenvalue weighted by atomic mass is 16.3. The van der Waals surface area contributed by atoms with E-state index in [1.54, 1.807) is 12.1 Å². The van der Waals surface area contributed by atoms with Crippen LogP contribution in [0.25, 0.3) is 0 Å². The van der Waals surface area contributed by atoms with E-state index in [0.717, 1.165) is 67.8 Å². The Kier molecular flexibility index (Phi) is 9.19. The minimum absolute atomic E-state index is 0.0786. The van der Waals surface area contributed by atoms with Crippen molar-refractivity contribution in [1.29, 1.82) is 0 Å². The quantitative estimate of drug-likeness (QED) is 0.232. The highest BCUT2D eigenvalue weighted by Gasteiger charge is 2.47. The van der Waals surface area contributed by atoms with Gasteiger partial charge in [0, 0.05) is 56.8 Å². The van der Waals surface area contributed by atoms with E-state index in [9.17, 15) is 29.1 Å². The van der Waals surface area contributed by atoms with Gasteiger partial charge in [0.05, 0.1) is 17.7 Å². The molecule has 4 aromatic rings. The predicted molar refractivity (Wildman–Crippen MR) is 221 cm³/mol. The Labute approximate surface area is 344 Å². The molecule has 1 unspecified atom stereocenters. The molecular formula is C48H49N5O6. The molecule has 3 saturated heterocycles. The molecule has 5 aliphatic heterocycles. The summed E-state index contributed by atoms with van der Waals surface area (Å²) in [5.74, 6) is -1.05. The predicted octanol–water partition coefficient (Wildman–Crippen LogP) is 5.88. The van der Waals surface area contributed by atoms with Crippen LogP contribution >= 0.6 is 0 Å². The Morgan fingerprint density at radius 1 is 0.797 bits per heavy atom. The number of benzene rings is 4. The Hall–Kier alpha value is -5.81. The molecule has 5 heterocycles. The summed E-state index contributed by atoms with van der Waals surface area (Å²) in [6, 6.07) is 28.8. The van der Waals surface area contributed by atoms with Crippen LogP contribution in [0.4, 0.5) is 5.69 Å². The first-order valence-electron chi connectivity index (χ1n) is 21.1. The number of rotatable bonds is 6. The van der Waals surface area contributed by atoms with Gasteiger partial charge in [-0.2, -0.15) is 0 Å². The minimum atomic E-state index is -0.994. The second kappa shape index (κ2) is 14.5. The van der Waals surface area contributed by atoms with Crippen molar-refractivity contribution in [3.8, 4) is 5.75 Å². The fraction of sp³-hybridized carbons (Fsp3) is 0.396. The van der Waals surface area contributed by atoms with Crippen LogP contribution in [0.1, 0.15) is 111 Å². The summed E-state index contributed by atoms with van der Waals surface area (Å²) in [7, 11) is 0. The number of likely N-dealkylation sites (tertiary alicyclic amines) is 1. The van der Waals surface area contributed by atoms with E-state index in [-0.39, 0.29) is 47.8 Å². The van der Waals surface area contributed by atoms with Gasteiger partial charge in [0.2, 0.25) is 17.7 Å². The molecule has 0 aromatic heterocycles. The number of phenols is 1. The second-order valence-electron chi connectivity index (χ2n) is 17.8. The van der Waals surface area contributed by atoms with Crippen molar-refractivity contribution in [3.05, 3.63) is 129 Å². The molecule has 302 valence electrons. The number of amides is 5. The Balaban J connectivity index is 0.765. The summed E-state index contributed by atoms with van der Waals surface area (Å²) in [4.78, 5) is 72.2. The van der Waals surface area contributed by atoms with E-state index in [4.69, 9.17) is 0 Å². The van der Waals surface area contributed by atoms with Gasteiger partial charge in [-0.1, -0.05) is 48.5 Å². The summed E-state index contributed by atoms with van der Waals surface area (Å²) in [6.07, 6.45) is 5.20. The van der Waals surface area contributed by atoms with Gasteiger partial charge in [-0.15, -0.1) is 0 Å². The smallest absolute Gasteiger partial charge is 0.262 e. The monoisotopic (exact) mass is 791 g/mol. The number of nitrogens with one attached hydrogen (secondary N) is 1. The van der Waals surface area contributed by atoms with Crippen LogP contribution in [0.2, 0.25) is 0 Å². The minimum Gasteiger partial charge on any atom is -0.508 e. The molecule has 4 aromatic carbocycles. The van der Waals surface area contributed by atoms with Crippen molar-refractivity contribution in [2.24, 2.45) is 5.41 Å². The first-order chi connectivity index (χ1) is 28.5. The SMILES string of the molecule is C[C@H]1CC2(CCN(C(=O)CN3Cc4cc5c(cc4C3)C(=O)N(C3CCC(=O)NC3=O)C5=O)CC2)CN1c1ccc([C@@H]2c3ccc(O)cc3CC[C@@H]2c2ccccc2)cc1. The number of hydrogen-bond acceptors (Lipinski definition) is 8. The zero-order valence-electron chi connectivity index (χ0n) is 33.4. The van der Waals surface area contributed by atoms with Crippen LogP contribution in [0.15, 0.2) is 84.9 Å². The number of phenolic OH excluding ortho intramolecular Hbond substituents is 1. The molecule has 3 fully saturated rings. The summed E-state index contributed by atoms with van der Waals surface area (Å²) in [5.41, 5.74) is 8.95. The summed E-state index contributed by atoms with van der Waals surface area (Å²) in [5, 5.41) is 12.5. The maximum absolute atomic E-state index is 13.7. The van der Waals surface area contributed by atoms with Crippen molar-refractivity contribution in [3.63, 3.8) is 0 Å². The van der Waals surface area contributed by atoms with E-state index in [1.807, 2.05) is 17.0 Å². The fourth-order valence-corrected chi connectivity index (χ4v) is 11.2. The normalized spacial score (nSPS) is 25.0. The highest BCUT2D eigenvalue weighted by Crippen LogP contribution is 2.49. The van der Waals surface area contributed by atoms with Gasteiger partial charge in [0.15, 0.2) is 0 Å². The van der Waals surface area contributed by atoms with Gasteiger partial charge < -0.3 is 14.9 Å². The molecule has 1 spiro atoms. The lowest BCUT2D eigenvalue weighted by Gasteiger charge is -2.40. The van der Waals surface area contributed by atoms with E-state index in [1.165, 1.54) is 27.9 Å². The van der Waals surface area contributed by atoms with Gasteiger partial charge in [-0.3, -0.25) is 39.1 Å². The topological polar surface area (TPSA) is 131 Å². The number of nitrogens with zero attached hydrogens (tertiary/aromatic N) is 4. The summed E-state index contributed by atoms with van der Waals surface area (Å²) < 4.78 is 0. The van der Waals surface area contributed by atoms with Crippen LogP contribution < -0.4 is 10.2 Å². The molecule has 59 heavy (non-hydrogen) atoms. The first kappa shape index (κ1) is 37.5. The molecule has 0 saturated carbocycles. The lowest BCUT2D eigenvalue weighted by molar-refractivity contribution is -0.136. The van der Waals surface area contributed by atoms with Crippen LogP contribution in [-0.2, 0) is 33.9 Å². The molecule has 4 atom stereocenters. The standard InChI is InChI=1S/C48H49N5O6/c1-29-24-48(28-52(29)35-10-7-31(8-11-35)44-37(30-5-3-2-4-6-30)13-9-32-21-36(54)12-14-38(32)44)17-19-51(20-18-48)43(56)27-50-25-33-22-39-40(23-34(33)26-50)47(59)53(46(39)58)41-15-16-42(55)49-45(41)57/h2-8,10-12,14,21-23,29,37,41,44,54H,9,13,15-20,24-28H2,1H3,(H,49,55,57)/t29-,37+,41?,44-/m0/s1. The van der Waals surface area contributed by atoms with Crippen LogP contribution in [0.5, 0.6) is 5.75 Å². The molecule has 0 bridgehead atoms. The molecule has 11 heteroatoms. The molecular weight excluding hydrogens is 743 g/mol. The fourth-order valence-electron chi connectivity index (χ4n) is 11.2. The third kappa shape index (κ3) is 6.59. The molecule has 0 radical (unpaired) electrons. The number of anilines is 1. The average Bonchev–Trinajstić information content (AvgIpc) is 3.86. The number of aryl methyl sites for hydroxylation is 1. The second-order valence-corrected chi connectivity index (χ2v) is 17.8. The van der Waals surface area contributed by atoms with Crippen molar-refractivity contribution in [2.45, 2.75) is 88.9 Å². The zero-order valence-corrected chi connectivity index (χ0v) is 33.4. The van der Waals surface area contributed by atoms with E-state index >= 15 is 0 Å². The Morgan fingerprint density at radius 3 is 2.17 bits per heavy atom. The van der Waals surface area contributed by atoms with Crippen molar-refractivity contribution >= 4 is 35.2 Å². The van der Waals surface area contributed by atoms with Crippen LogP contribution in [-0.4, -0.2) is 87.6 Å². The van der Waals surface area contributed by atoms with Crippen LogP contribution in [0.3, 0.4) is 0 Å². The number of fused-ring (bicyclic) bond motifs is 3. The van der Waals surface area contributed by atoms with E-state index < -0.39 is 29.7 Å². The zero-order chi connectivity index (χ0) is 40.6. The van der Waals surface area contributed by atoms with Gasteiger partial charge in [0.1, 0.15) is 11.8 Å². The third-order valence-corrected chi connectivity index (χ3v) is 14.3. The molecule has 10 rings (SSSR count). The number of aromatic hydroxyl groups is 1. The maximum atomic E-state index is 13.7. The third-order valence-electron chi connectivity index (χ3n) is 14.3. The van der Waals surface area contributed by atoms with E-state index in [2.05, 4.69) is 82.7 Å². The van der Waals surface area contributed by atoms with Gasteiger partial charge >= 0.3 is 0 Å². The number of hydrogen-bond donors (Lipinski definition) is 2. The molecule has 11 nitrogen and oxygen atoms in total. The summed E-state index contributed by atoms with van der Waals surface area (Å²) in [6.45, 7) is 6.02. The lowest BCUT2D eigenvalue weighted by Crippen LogP contribution is -2.54. The van der Waals surface area contributed by atoms with E-state index in [0.29, 0.717) is 30.8 Å². The van der Waals surface area contributed by atoms with Gasteiger partial charge in [-0.05, 0) is 127 Å². The highest BCUT2D eigenvalue weighted by molar-refractivity contribution is 6.23. The molecule has 1 aliphatic carbocycles.